The number of furan rings is 1. The van der Waals surface area contributed by atoms with Crippen molar-refractivity contribution in [1.29, 1.82) is 0 Å². The van der Waals surface area contributed by atoms with E-state index in [-0.39, 0.29) is 11.2 Å². The fourth-order valence-corrected chi connectivity index (χ4v) is 4.57. The molecule has 0 unspecified atom stereocenters. The SMILES string of the molecule is C[C@@H](Sc1nnc(NCc2ccco2)s1)C(=O)Nc1cccc2ccccc12. The molecular formula is C20H18N4O2S2. The fraction of sp³-hybridized carbons (Fsp3) is 0.150. The molecule has 2 heterocycles. The zero-order valence-corrected chi connectivity index (χ0v) is 16.7. The van der Waals surface area contributed by atoms with E-state index in [0.717, 1.165) is 26.6 Å². The lowest BCUT2D eigenvalue weighted by atomic mass is 10.1. The lowest BCUT2D eigenvalue weighted by Crippen LogP contribution is -2.22. The number of nitrogens with one attached hydrogen (secondary N) is 2. The highest BCUT2D eigenvalue weighted by molar-refractivity contribution is 8.02. The molecule has 6 nitrogen and oxygen atoms in total. The molecule has 142 valence electrons. The minimum absolute atomic E-state index is 0.0679. The van der Waals surface area contributed by atoms with Gasteiger partial charge in [-0.05, 0) is 30.5 Å². The Morgan fingerprint density at radius 2 is 2.00 bits per heavy atom. The smallest absolute Gasteiger partial charge is 0.237 e. The first-order valence-corrected chi connectivity index (χ1v) is 10.4. The number of fused-ring (bicyclic) bond motifs is 1. The summed E-state index contributed by atoms with van der Waals surface area (Å²) in [6.07, 6.45) is 1.63. The van der Waals surface area contributed by atoms with Crippen molar-refractivity contribution in [3.8, 4) is 0 Å². The van der Waals surface area contributed by atoms with Gasteiger partial charge in [-0.1, -0.05) is 59.5 Å². The largest absolute Gasteiger partial charge is 0.467 e. The monoisotopic (exact) mass is 410 g/mol. The Morgan fingerprint density at radius 3 is 2.86 bits per heavy atom. The molecule has 0 aliphatic rings. The molecule has 0 fully saturated rings. The van der Waals surface area contributed by atoms with Crippen molar-refractivity contribution in [2.75, 3.05) is 10.6 Å². The van der Waals surface area contributed by atoms with Crippen molar-refractivity contribution in [3.63, 3.8) is 0 Å². The normalized spacial score (nSPS) is 12.0. The van der Waals surface area contributed by atoms with Gasteiger partial charge in [0.2, 0.25) is 11.0 Å². The molecule has 4 aromatic rings. The van der Waals surface area contributed by atoms with Gasteiger partial charge in [-0.3, -0.25) is 4.79 Å². The van der Waals surface area contributed by atoms with Crippen LogP contribution in [-0.2, 0) is 11.3 Å². The molecule has 2 aromatic carbocycles. The fourth-order valence-electron chi connectivity index (χ4n) is 2.68. The van der Waals surface area contributed by atoms with Crippen LogP contribution in [0.25, 0.3) is 10.8 Å². The Morgan fingerprint density at radius 1 is 1.14 bits per heavy atom. The second kappa shape index (κ2) is 8.45. The van der Waals surface area contributed by atoms with Crippen LogP contribution in [0.15, 0.2) is 69.6 Å². The van der Waals surface area contributed by atoms with Crippen LogP contribution in [0.5, 0.6) is 0 Å². The van der Waals surface area contributed by atoms with Gasteiger partial charge in [0, 0.05) is 11.1 Å². The zero-order chi connectivity index (χ0) is 19.3. The molecule has 1 amide bonds. The number of amides is 1. The molecule has 0 saturated heterocycles. The van der Waals surface area contributed by atoms with E-state index in [1.165, 1.54) is 23.1 Å². The molecule has 0 bridgehead atoms. The highest BCUT2D eigenvalue weighted by Gasteiger charge is 2.18. The zero-order valence-electron chi connectivity index (χ0n) is 15.1. The lowest BCUT2D eigenvalue weighted by molar-refractivity contribution is -0.115. The van der Waals surface area contributed by atoms with Crippen LogP contribution in [0.3, 0.4) is 0 Å². The third-order valence-electron chi connectivity index (χ3n) is 4.09. The Labute approximate surface area is 170 Å². The summed E-state index contributed by atoms with van der Waals surface area (Å²) in [6.45, 7) is 2.41. The van der Waals surface area contributed by atoms with Crippen molar-refractivity contribution < 1.29 is 9.21 Å². The predicted molar refractivity (Wildman–Crippen MR) is 114 cm³/mol. The second-order valence-electron chi connectivity index (χ2n) is 6.08. The minimum atomic E-state index is -0.301. The van der Waals surface area contributed by atoms with Crippen molar-refractivity contribution in [2.45, 2.75) is 23.1 Å². The van der Waals surface area contributed by atoms with Crippen LogP contribution in [0, 0.1) is 0 Å². The van der Waals surface area contributed by atoms with Crippen molar-refractivity contribution in [1.82, 2.24) is 10.2 Å². The van der Waals surface area contributed by atoms with Crippen LogP contribution < -0.4 is 10.6 Å². The van der Waals surface area contributed by atoms with Gasteiger partial charge < -0.3 is 15.1 Å². The lowest BCUT2D eigenvalue weighted by Gasteiger charge is -2.12. The number of anilines is 2. The molecule has 4 rings (SSSR count). The van der Waals surface area contributed by atoms with Crippen molar-refractivity contribution in [2.24, 2.45) is 0 Å². The summed E-state index contributed by atoms with van der Waals surface area (Å²) in [5.74, 6) is 0.758. The standard InChI is InChI=1S/C20H18N4O2S2/c1-13(18(25)22-17-10-4-7-14-6-2-3-9-16(14)17)27-20-24-23-19(28-20)21-12-15-8-5-11-26-15/h2-11,13H,12H2,1H3,(H,21,23)(H,22,25)/t13-/m1/s1. The van der Waals surface area contributed by atoms with Crippen LogP contribution >= 0.6 is 23.1 Å². The Bertz CT molecular complexity index is 1070. The molecular weight excluding hydrogens is 392 g/mol. The number of nitrogens with zero attached hydrogens (tertiary/aromatic N) is 2. The summed E-state index contributed by atoms with van der Waals surface area (Å²) in [5, 5.41) is 17.0. The quantitative estimate of drug-likeness (QED) is 0.417. The van der Waals surface area contributed by atoms with Gasteiger partial charge in [0.25, 0.3) is 0 Å². The average Bonchev–Trinajstić information content (AvgIpc) is 3.38. The number of carbonyl (C=O) groups is 1. The maximum Gasteiger partial charge on any atom is 0.237 e. The van der Waals surface area contributed by atoms with E-state index in [0.29, 0.717) is 11.7 Å². The van der Waals surface area contributed by atoms with E-state index >= 15 is 0 Å². The first-order chi connectivity index (χ1) is 13.7. The summed E-state index contributed by atoms with van der Waals surface area (Å²) in [4.78, 5) is 12.6. The van der Waals surface area contributed by atoms with Gasteiger partial charge in [-0.2, -0.15) is 0 Å². The van der Waals surface area contributed by atoms with E-state index in [2.05, 4.69) is 20.8 Å². The Hall–Kier alpha value is -2.84. The third kappa shape index (κ3) is 4.35. The minimum Gasteiger partial charge on any atom is -0.467 e. The molecule has 0 aliphatic carbocycles. The Balaban J connectivity index is 1.36. The van der Waals surface area contributed by atoms with Crippen molar-refractivity contribution in [3.05, 3.63) is 66.6 Å². The van der Waals surface area contributed by atoms with Gasteiger partial charge in [0.15, 0.2) is 4.34 Å². The summed E-state index contributed by atoms with van der Waals surface area (Å²) in [5.41, 5.74) is 0.814. The van der Waals surface area contributed by atoms with Gasteiger partial charge in [-0.15, -0.1) is 10.2 Å². The topological polar surface area (TPSA) is 80.1 Å². The van der Waals surface area contributed by atoms with Crippen LogP contribution in [-0.4, -0.2) is 21.4 Å². The van der Waals surface area contributed by atoms with E-state index in [1.54, 1.807) is 6.26 Å². The Kier molecular flexibility index (Phi) is 5.59. The van der Waals surface area contributed by atoms with Gasteiger partial charge in [0.05, 0.1) is 18.1 Å². The number of hydrogen-bond acceptors (Lipinski definition) is 7. The van der Waals surface area contributed by atoms with Crippen LogP contribution in [0.2, 0.25) is 0 Å². The van der Waals surface area contributed by atoms with Crippen LogP contribution in [0.4, 0.5) is 10.8 Å². The molecule has 28 heavy (non-hydrogen) atoms. The van der Waals surface area contributed by atoms with Crippen LogP contribution in [0.1, 0.15) is 12.7 Å². The van der Waals surface area contributed by atoms with Gasteiger partial charge in [-0.25, -0.2) is 0 Å². The molecule has 1 atom stereocenters. The summed E-state index contributed by atoms with van der Waals surface area (Å²) in [7, 11) is 0. The highest BCUT2D eigenvalue weighted by atomic mass is 32.2. The summed E-state index contributed by atoms with van der Waals surface area (Å²) < 4.78 is 6.02. The maximum atomic E-state index is 12.6. The van der Waals surface area contributed by atoms with E-state index in [9.17, 15) is 4.79 Å². The molecule has 0 radical (unpaired) electrons. The number of rotatable bonds is 7. The highest BCUT2D eigenvalue weighted by Crippen LogP contribution is 2.30. The molecule has 0 spiro atoms. The molecule has 0 aliphatic heterocycles. The third-order valence-corrected chi connectivity index (χ3v) is 6.16. The number of thioether (sulfide) groups is 1. The maximum absolute atomic E-state index is 12.6. The molecule has 2 aromatic heterocycles. The van der Waals surface area contributed by atoms with Gasteiger partial charge >= 0.3 is 0 Å². The molecule has 2 N–H and O–H groups in total. The van der Waals surface area contributed by atoms with E-state index in [1.807, 2.05) is 61.5 Å². The average molecular weight is 411 g/mol. The summed E-state index contributed by atoms with van der Waals surface area (Å²) >= 11 is 2.81. The first kappa shape index (κ1) is 18.5. The molecule has 0 saturated carbocycles. The number of aromatic nitrogens is 2. The predicted octanol–water partition coefficient (Wildman–Crippen LogP) is 5.02. The van der Waals surface area contributed by atoms with Crippen molar-refractivity contribution >= 4 is 50.6 Å². The number of carbonyl (C=O) groups excluding carboxylic acids is 1. The van der Waals surface area contributed by atoms with E-state index < -0.39 is 0 Å². The molecule has 8 heteroatoms. The second-order valence-corrected chi connectivity index (χ2v) is 8.65. The summed E-state index contributed by atoms with van der Waals surface area (Å²) in [6, 6.07) is 17.6. The van der Waals surface area contributed by atoms with E-state index in [4.69, 9.17) is 4.42 Å². The number of hydrogen-bond donors (Lipinski definition) is 2. The number of benzene rings is 2. The van der Waals surface area contributed by atoms with Gasteiger partial charge in [0.1, 0.15) is 5.76 Å². The first-order valence-electron chi connectivity index (χ1n) is 8.74.